The summed E-state index contributed by atoms with van der Waals surface area (Å²) in [5.74, 6) is -0.668. The molecule has 1 unspecified atom stereocenters. The topological polar surface area (TPSA) is 131 Å². The molecule has 1 saturated carbocycles. The van der Waals surface area contributed by atoms with Crippen molar-refractivity contribution in [1.82, 2.24) is 15.3 Å². The summed E-state index contributed by atoms with van der Waals surface area (Å²) in [6, 6.07) is 13.3. The molecule has 3 N–H and O–H groups in total. The molecule has 0 amide bonds. The van der Waals surface area contributed by atoms with E-state index in [0.717, 1.165) is 42.0 Å². The Morgan fingerprint density at radius 2 is 1.73 bits per heavy atom. The maximum atomic E-state index is 13.2. The van der Waals surface area contributed by atoms with Gasteiger partial charge < -0.3 is 15.2 Å². The molecule has 1 heterocycles. The first-order valence-corrected chi connectivity index (χ1v) is 15.4. The molecule has 0 saturated heterocycles. The lowest BCUT2D eigenvalue weighted by Gasteiger charge is -2.44. The highest BCUT2D eigenvalue weighted by Gasteiger charge is 2.37. The molecule has 4 rings (SSSR count). The van der Waals surface area contributed by atoms with E-state index in [9.17, 15) is 18.3 Å². The van der Waals surface area contributed by atoms with Crippen LogP contribution in [-0.2, 0) is 10.0 Å². The lowest BCUT2D eigenvalue weighted by Crippen LogP contribution is -2.51. The molecule has 1 fully saturated rings. The molecule has 1 atom stereocenters. The summed E-state index contributed by atoms with van der Waals surface area (Å²) < 4.78 is 35.1. The third-order valence-corrected chi connectivity index (χ3v) is 8.64. The van der Waals surface area contributed by atoms with E-state index in [1.165, 1.54) is 18.2 Å². The van der Waals surface area contributed by atoms with Gasteiger partial charge in [-0.3, -0.25) is 0 Å². The highest BCUT2D eigenvalue weighted by Crippen LogP contribution is 2.40. The van der Waals surface area contributed by atoms with E-state index in [1.54, 1.807) is 6.07 Å². The fourth-order valence-electron chi connectivity index (χ4n) is 5.53. The Labute approximate surface area is 242 Å². The van der Waals surface area contributed by atoms with Crippen LogP contribution >= 0.6 is 0 Å². The largest absolute Gasteiger partial charge is 0.478 e. The Morgan fingerprint density at radius 1 is 1.07 bits per heavy atom. The number of carboxylic acid groups (broad SMARTS) is 1. The smallest absolute Gasteiger partial charge is 0.335 e. The van der Waals surface area contributed by atoms with E-state index in [1.807, 2.05) is 32.0 Å². The predicted molar refractivity (Wildman–Crippen MR) is 160 cm³/mol. The van der Waals surface area contributed by atoms with Crippen LogP contribution in [-0.4, -0.2) is 48.2 Å². The van der Waals surface area contributed by atoms with Crippen molar-refractivity contribution < 1.29 is 23.1 Å². The average molecular weight is 581 g/mol. The lowest BCUT2D eigenvalue weighted by atomic mass is 9.68. The van der Waals surface area contributed by atoms with Gasteiger partial charge in [0.05, 0.1) is 16.2 Å². The number of nitrogens with zero attached hydrogens (tertiary/aromatic N) is 2. The van der Waals surface area contributed by atoms with Crippen LogP contribution in [0.25, 0.3) is 11.3 Å². The molecule has 1 aliphatic carbocycles. The van der Waals surface area contributed by atoms with Crippen LogP contribution in [0.3, 0.4) is 0 Å². The summed E-state index contributed by atoms with van der Waals surface area (Å²) >= 11 is 0. The summed E-state index contributed by atoms with van der Waals surface area (Å²) in [7, 11) is -4.18. The van der Waals surface area contributed by atoms with E-state index < -0.39 is 16.0 Å². The quantitative estimate of drug-likeness (QED) is 0.244. The average Bonchev–Trinajstić information content (AvgIpc) is 2.85. The van der Waals surface area contributed by atoms with E-state index in [2.05, 4.69) is 47.7 Å². The zero-order valence-corrected chi connectivity index (χ0v) is 25.4. The second kappa shape index (κ2) is 12.2. The van der Waals surface area contributed by atoms with Crippen LogP contribution in [0.4, 0.5) is 5.95 Å². The lowest BCUT2D eigenvalue weighted by molar-refractivity contribution is 0.0696. The van der Waals surface area contributed by atoms with Crippen molar-refractivity contribution in [3.63, 3.8) is 0 Å². The Kier molecular flexibility index (Phi) is 9.03. The minimum Gasteiger partial charge on any atom is -0.478 e. The van der Waals surface area contributed by atoms with Crippen molar-refractivity contribution in [2.45, 2.75) is 77.8 Å². The van der Waals surface area contributed by atoms with Crippen LogP contribution < -0.4 is 14.8 Å². The monoisotopic (exact) mass is 580 g/mol. The fraction of sp³-hybridized carbons (Fsp3) is 0.452. The fourth-order valence-corrected chi connectivity index (χ4v) is 6.52. The molecule has 1 aromatic heterocycles. The summed E-state index contributed by atoms with van der Waals surface area (Å²) in [4.78, 5) is 20.1. The number of anilines is 1. The van der Waals surface area contributed by atoms with E-state index in [-0.39, 0.29) is 28.3 Å². The van der Waals surface area contributed by atoms with Gasteiger partial charge in [-0.2, -0.15) is 4.98 Å². The number of carboxylic acids is 1. The van der Waals surface area contributed by atoms with Crippen molar-refractivity contribution in [3.05, 3.63) is 65.2 Å². The summed E-state index contributed by atoms with van der Waals surface area (Å²) in [6.07, 6.45) is 3.15. The van der Waals surface area contributed by atoms with Gasteiger partial charge in [0.25, 0.3) is 10.0 Å². The van der Waals surface area contributed by atoms with Gasteiger partial charge in [0.15, 0.2) is 0 Å². The number of aromatic carboxylic acids is 1. The van der Waals surface area contributed by atoms with Crippen LogP contribution in [0, 0.1) is 25.2 Å². The van der Waals surface area contributed by atoms with Gasteiger partial charge in [0.1, 0.15) is 6.61 Å². The van der Waals surface area contributed by atoms with Gasteiger partial charge in [-0.05, 0) is 73.8 Å². The number of hydrogen-bond donors (Lipinski definition) is 3. The minimum absolute atomic E-state index is 0.105. The van der Waals surface area contributed by atoms with Gasteiger partial charge >= 0.3 is 5.97 Å². The van der Waals surface area contributed by atoms with Crippen molar-refractivity contribution in [1.29, 1.82) is 0 Å². The molecule has 0 bridgehead atoms. The summed E-state index contributed by atoms with van der Waals surface area (Å²) in [6.45, 7) is 13.2. The molecule has 2 aromatic carbocycles. The van der Waals surface area contributed by atoms with Crippen molar-refractivity contribution in [3.8, 4) is 17.1 Å². The van der Waals surface area contributed by atoms with Crippen molar-refractivity contribution in [2.75, 3.05) is 11.3 Å². The number of aryl methyl sites for hydroxylation is 2. The Morgan fingerprint density at radius 3 is 2.34 bits per heavy atom. The van der Waals surface area contributed by atoms with Gasteiger partial charge in [-0.25, -0.2) is 22.9 Å². The Bertz CT molecular complexity index is 1490. The molecule has 0 spiro atoms. The second-order valence-electron chi connectivity index (χ2n) is 12.2. The van der Waals surface area contributed by atoms with Gasteiger partial charge in [0.2, 0.25) is 11.8 Å². The minimum atomic E-state index is -4.18. The molecule has 220 valence electrons. The summed E-state index contributed by atoms with van der Waals surface area (Å²) in [5.41, 5.74) is 3.55. The molecule has 1 aliphatic rings. The first-order valence-electron chi connectivity index (χ1n) is 13.9. The number of ether oxygens (including phenoxy) is 1. The number of aromatic nitrogens is 2. The number of rotatable bonds is 12. The standard InChI is InChI=1S/C31H40N4O5S/c1-19(2)13-23(32-24-16-31(5,6)17-24)18-40-27-15-26(28-20(3)9-7-10-21(28)4)33-30(34-27)35-41(38,39)25-12-8-11-22(14-25)29(36)37/h7-12,14-15,19,23-24,32H,13,16-18H2,1-6H3,(H,36,37)(H,33,34,35). The zero-order chi connectivity index (χ0) is 29.9. The zero-order valence-electron chi connectivity index (χ0n) is 24.6. The number of hydrogen-bond acceptors (Lipinski definition) is 7. The van der Waals surface area contributed by atoms with E-state index in [0.29, 0.717) is 29.7 Å². The number of carbonyl (C=O) groups is 1. The molecule has 9 nitrogen and oxygen atoms in total. The number of nitrogens with one attached hydrogen (secondary N) is 2. The SMILES string of the molecule is Cc1cccc(C)c1-c1cc(OCC(CC(C)C)NC2CC(C)(C)C2)nc(NS(=O)(=O)c2cccc(C(=O)O)c2)n1. The van der Waals surface area contributed by atoms with Gasteiger partial charge in [-0.1, -0.05) is 52.0 Å². The summed E-state index contributed by atoms with van der Waals surface area (Å²) in [5, 5.41) is 13.0. The molecule has 10 heteroatoms. The number of sulfonamides is 1. The highest BCUT2D eigenvalue weighted by molar-refractivity contribution is 7.92. The molecule has 0 aliphatic heterocycles. The first kappa shape index (κ1) is 30.5. The van der Waals surface area contributed by atoms with Crippen LogP contribution in [0.5, 0.6) is 5.88 Å². The normalized spacial score (nSPS) is 15.8. The maximum Gasteiger partial charge on any atom is 0.335 e. The van der Waals surface area contributed by atoms with Crippen molar-refractivity contribution >= 4 is 21.9 Å². The Balaban J connectivity index is 1.65. The van der Waals surface area contributed by atoms with Crippen LogP contribution in [0.15, 0.2) is 53.4 Å². The maximum absolute atomic E-state index is 13.2. The van der Waals surface area contributed by atoms with Crippen molar-refractivity contribution in [2.24, 2.45) is 11.3 Å². The van der Waals surface area contributed by atoms with E-state index in [4.69, 9.17) is 4.74 Å². The first-order chi connectivity index (χ1) is 19.2. The van der Waals surface area contributed by atoms with Crippen LogP contribution in [0.2, 0.25) is 0 Å². The molecule has 0 radical (unpaired) electrons. The second-order valence-corrected chi connectivity index (χ2v) is 13.9. The molecule has 41 heavy (non-hydrogen) atoms. The molecular weight excluding hydrogens is 540 g/mol. The molecule has 3 aromatic rings. The van der Waals surface area contributed by atoms with Crippen LogP contribution in [0.1, 0.15) is 68.4 Å². The Hall–Kier alpha value is -3.50. The number of benzene rings is 2. The van der Waals surface area contributed by atoms with E-state index >= 15 is 0 Å². The predicted octanol–water partition coefficient (Wildman–Crippen LogP) is 5.83. The van der Waals surface area contributed by atoms with Gasteiger partial charge in [0, 0.05) is 23.7 Å². The highest BCUT2D eigenvalue weighted by atomic mass is 32.2. The molecular formula is C31H40N4O5S. The van der Waals surface area contributed by atoms with Gasteiger partial charge in [-0.15, -0.1) is 0 Å². The third kappa shape index (κ3) is 7.83. The third-order valence-electron chi connectivity index (χ3n) is 7.31.